The molecule has 0 spiro atoms. The minimum Gasteiger partial charge on any atom is -0.473 e. The first-order valence-electron chi connectivity index (χ1n) is 5.98. The standard InChI is InChI=1S/C11H18N4O4/c1-4-6-19-11-9(15(16)17)10(12-5-7-18-3)13-8(2)14-11/h4-7H2,1-3H3,(H,12,13,14). The van der Waals surface area contributed by atoms with E-state index < -0.39 is 4.92 Å². The molecule has 0 saturated heterocycles. The van der Waals surface area contributed by atoms with E-state index in [4.69, 9.17) is 9.47 Å². The molecule has 0 unspecified atom stereocenters. The molecular formula is C11H18N4O4. The molecular weight excluding hydrogens is 252 g/mol. The van der Waals surface area contributed by atoms with Crippen molar-refractivity contribution in [1.82, 2.24) is 9.97 Å². The van der Waals surface area contributed by atoms with E-state index in [-0.39, 0.29) is 17.4 Å². The second-order valence-electron chi connectivity index (χ2n) is 3.80. The van der Waals surface area contributed by atoms with Gasteiger partial charge in [0.15, 0.2) is 0 Å². The number of ether oxygens (including phenoxy) is 2. The lowest BCUT2D eigenvalue weighted by molar-refractivity contribution is -0.385. The highest BCUT2D eigenvalue weighted by atomic mass is 16.6. The van der Waals surface area contributed by atoms with E-state index in [2.05, 4.69) is 15.3 Å². The first-order valence-corrected chi connectivity index (χ1v) is 5.98. The number of nitro groups is 1. The predicted octanol–water partition coefficient (Wildman–Crippen LogP) is 1.54. The summed E-state index contributed by atoms with van der Waals surface area (Å²) in [6.07, 6.45) is 0.743. The van der Waals surface area contributed by atoms with Crippen molar-refractivity contribution in [2.75, 3.05) is 32.2 Å². The van der Waals surface area contributed by atoms with Crippen LogP contribution in [-0.2, 0) is 4.74 Å². The molecule has 1 aromatic heterocycles. The van der Waals surface area contributed by atoms with Gasteiger partial charge in [0, 0.05) is 13.7 Å². The Labute approximate surface area is 111 Å². The molecule has 8 heteroatoms. The van der Waals surface area contributed by atoms with E-state index >= 15 is 0 Å². The van der Waals surface area contributed by atoms with Crippen LogP contribution in [0.25, 0.3) is 0 Å². The highest BCUT2D eigenvalue weighted by Crippen LogP contribution is 2.31. The van der Waals surface area contributed by atoms with Gasteiger partial charge in [0.05, 0.1) is 18.1 Å². The van der Waals surface area contributed by atoms with Gasteiger partial charge in [-0.1, -0.05) is 6.92 Å². The van der Waals surface area contributed by atoms with Gasteiger partial charge in [-0.2, -0.15) is 4.98 Å². The average Bonchev–Trinajstić information content (AvgIpc) is 2.35. The van der Waals surface area contributed by atoms with Crippen LogP contribution in [0.5, 0.6) is 5.88 Å². The van der Waals surface area contributed by atoms with Crippen molar-refractivity contribution in [3.63, 3.8) is 0 Å². The Bertz CT molecular complexity index is 439. The SMILES string of the molecule is CCCOc1nc(C)nc(NCCOC)c1[N+](=O)[O-]. The van der Waals surface area contributed by atoms with Gasteiger partial charge >= 0.3 is 5.69 Å². The molecule has 8 nitrogen and oxygen atoms in total. The highest BCUT2D eigenvalue weighted by Gasteiger charge is 2.25. The molecule has 19 heavy (non-hydrogen) atoms. The normalized spacial score (nSPS) is 10.3. The largest absolute Gasteiger partial charge is 0.473 e. The monoisotopic (exact) mass is 270 g/mol. The Hall–Kier alpha value is -1.96. The van der Waals surface area contributed by atoms with Gasteiger partial charge in [0.25, 0.3) is 5.88 Å². The van der Waals surface area contributed by atoms with Gasteiger partial charge in [-0.3, -0.25) is 10.1 Å². The van der Waals surface area contributed by atoms with Crippen LogP contribution in [0.15, 0.2) is 0 Å². The Morgan fingerprint density at radius 1 is 1.37 bits per heavy atom. The third kappa shape index (κ3) is 4.32. The molecule has 0 fully saturated rings. The Kier molecular flexibility index (Phi) is 5.94. The van der Waals surface area contributed by atoms with Crippen molar-refractivity contribution in [3.05, 3.63) is 15.9 Å². The number of methoxy groups -OCH3 is 1. The molecule has 0 radical (unpaired) electrons. The number of hydrogen-bond acceptors (Lipinski definition) is 7. The average molecular weight is 270 g/mol. The number of hydrogen-bond donors (Lipinski definition) is 1. The second-order valence-corrected chi connectivity index (χ2v) is 3.80. The maximum Gasteiger partial charge on any atom is 0.372 e. The van der Waals surface area contributed by atoms with Crippen LogP contribution in [0.4, 0.5) is 11.5 Å². The fourth-order valence-corrected chi connectivity index (χ4v) is 1.40. The highest BCUT2D eigenvalue weighted by molar-refractivity contribution is 5.61. The molecule has 1 heterocycles. The van der Waals surface area contributed by atoms with Gasteiger partial charge in [0.1, 0.15) is 5.82 Å². The molecule has 0 aliphatic carbocycles. The number of nitrogens with zero attached hydrogens (tertiary/aromatic N) is 3. The fraction of sp³-hybridized carbons (Fsp3) is 0.636. The summed E-state index contributed by atoms with van der Waals surface area (Å²) in [5.74, 6) is 0.566. The molecule has 0 aromatic carbocycles. The zero-order chi connectivity index (χ0) is 14.3. The number of anilines is 1. The molecule has 1 N–H and O–H groups in total. The molecule has 0 amide bonds. The summed E-state index contributed by atoms with van der Waals surface area (Å²) >= 11 is 0. The van der Waals surface area contributed by atoms with Crippen LogP contribution in [-0.4, -0.2) is 41.8 Å². The zero-order valence-electron chi connectivity index (χ0n) is 11.3. The lowest BCUT2D eigenvalue weighted by atomic mass is 10.4. The van der Waals surface area contributed by atoms with E-state index in [1.165, 1.54) is 0 Å². The van der Waals surface area contributed by atoms with Crippen molar-refractivity contribution >= 4 is 11.5 Å². The minimum absolute atomic E-state index is 0.000679. The van der Waals surface area contributed by atoms with Gasteiger partial charge < -0.3 is 14.8 Å². The molecule has 106 valence electrons. The van der Waals surface area contributed by atoms with E-state index in [9.17, 15) is 10.1 Å². The third-order valence-corrected chi connectivity index (χ3v) is 2.19. The van der Waals surface area contributed by atoms with Crippen LogP contribution >= 0.6 is 0 Å². The van der Waals surface area contributed by atoms with E-state index in [1.54, 1.807) is 14.0 Å². The molecule has 1 aromatic rings. The van der Waals surface area contributed by atoms with Crippen LogP contribution < -0.4 is 10.1 Å². The van der Waals surface area contributed by atoms with Crippen LogP contribution in [0, 0.1) is 17.0 Å². The molecule has 0 bridgehead atoms. The summed E-state index contributed by atoms with van der Waals surface area (Å²) in [5, 5.41) is 14.0. The lowest BCUT2D eigenvalue weighted by Gasteiger charge is -2.10. The third-order valence-electron chi connectivity index (χ3n) is 2.19. The molecule has 0 aliphatic heterocycles. The van der Waals surface area contributed by atoms with E-state index in [0.29, 0.717) is 25.6 Å². The van der Waals surface area contributed by atoms with Crippen LogP contribution in [0.1, 0.15) is 19.2 Å². The lowest BCUT2D eigenvalue weighted by Crippen LogP contribution is -2.13. The molecule has 0 atom stereocenters. The van der Waals surface area contributed by atoms with Crippen molar-refractivity contribution in [2.45, 2.75) is 20.3 Å². The van der Waals surface area contributed by atoms with Crippen molar-refractivity contribution < 1.29 is 14.4 Å². The summed E-state index contributed by atoms with van der Waals surface area (Å²) in [5.41, 5.74) is -0.241. The zero-order valence-corrected chi connectivity index (χ0v) is 11.3. The summed E-state index contributed by atoms with van der Waals surface area (Å²) < 4.78 is 10.2. The van der Waals surface area contributed by atoms with Gasteiger partial charge in [-0.25, -0.2) is 4.98 Å². The van der Waals surface area contributed by atoms with Crippen molar-refractivity contribution in [2.24, 2.45) is 0 Å². The summed E-state index contributed by atoms with van der Waals surface area (Å²) in [6, 6.07) is 0. The summed E-state index contributed by atoms with van der Waals surface area (Å²) in [7, 11) is 1.55. The Morgan fingerprint density at radius 2 is 2.11 bits per heavy atom. The van der Waals surface area contributed by atoms with Crippen LogP contribution in [0.3, 0.4) is 0 Å². The van der Waals surface area contributed by atoms with E-state index in [0.717, 1.165) is 6.42 Å². The Balaban J connectivity index is 3.04. The van der Waals surface area contributed by atoms with Crippen molar-refractivity contribution in [1.29, 1.82) is 0 Å². The maximum absolute atomic E-state index is 11.1. The molecule has 0 saturated carbocycles. The maximum atomic E-state index is 11.1. The molecule has 1 rings (SSSR count). The van der Waals surface area contributed by atoms with E-state index in [1.807, 2.05) is 6.92 Å². The first-order chi connectivity index (χ1) is 9.10. The van der Waals surface area contributed by atoms with Crippen molar-refractivity contribution in [3.8, 4) is 5.88 Å². The Morgan fingerprint density at radius 3 is 2.68 bits per heavy atom. The number of rotatable bonds is 8. The topological polar surface area (TPSA) is 99.4 Å². The van der Waals surface area contributed by atoms with Gasteiger partial charge in [-0.05, 0) is 13.3 Å². The number of nitrogens with one attached hydrogen (secondary N) is 1. The summed E-state index contributed by atoms with van der Waals surface area (Å²) in [4.78, 5) is 18.6. The van der Waals surface area contributed by atoms with Gasteiger partial charge in [-0.15, -0.1) is 0 Å². The predicted molar refractivity (Wildman–Crippen MR) is 69.6 cm³/mol. The number of aromatic nitrogens is 2. The fourth-order valence-electron chi connectivity index (χ4n) is 1.40. The minimum atomic E-state index is -0.542. The summed E-state index contributed by atoms with van der Waals surface area (Å²) in [6.45, 7) is 4.78. The van der Waals surface area contributed by atoms with Gasteiger partial charge in [0.2, 0.25) is 5.82 Å². The molecule has 0 aliphatic rings. The number of aryl methyl sites for hydroxylation is 1. The second kappa shape index (κ2) is 7.47. The van der Waals surface area contributed by atoms with Crippen LogP contribution in [0.2, 0.25) is 0 Å². The quantitative estimate of drug-likeness (QED) is 0.434. The smallest absolute Gasteiger partial charge is 0.372 e. The first kappa shape index (κ1) is 15.1.